The number of fused-ring (bicyclic) bond motifs is 1. The van der Waals surface area contributed by atoms with Crippen molar-refractivity contribution in [3.8, 4) is 0 Å². The van der Waals surface area contributed by atoms with E-state index < -0.39 is 5.41 Å². The molecule has 5 rings (SSSR count). The smallest absolute Gasteiger partial charge is 0.235 e. The Morgan fingerprint density at radius 1 is 1.13 bits per heavy atom. The lowest BCUT2D eigenvalue weighted by atomic mass is 9.77. The van der Waals surface area contributed by atoms with Gasteiger partial charge in [0.2, 0.25) is 5.91 Å². The largest absolute Gasteiger partial charge is 0.325 e. The van der Waals surface area contributed by atoms with E-state index in [0.29, 0.717) is 24.3 Å². The predicted octanol–water partition coefficient (Wildman–Crippen LogP) is 4.60. The molecule has 0 saturated heterocycles. The highest BCUT2D eigenvalue weighted by atomic mass is 19.1. The predicted molar refractivity (Wildman–Crippen MR) is 113 cm³/mol. The van der Waals surface area contributed by atoms with Gasteiger partial charge in [-0.1, -0.05) is 43.2 Å². The van der Waals surface area contributed by atoms with Crippen molar-refractivity contribution < 1.29 is 9.18 Å². The third kappa shape index (κ3) is 3.30. The number of nitrogens with one attached hydrogen (secondary N) is 1. The van der Waals surface area contributed by atoms with Crippen LogP contribution in [0.3, 0.4) is 0 Å². The zero-order chi connectivity index (χ0) is 20.6. The van der Waals surface area contributed by atoms with Gasteiger partial charge in [0.15, 0.2) is 0 Å². The first-order valence-electron chi connectivity index (χ1n) is 10.7. The average Bonchev–Trinajstić information content (AvgIpc) is 3.44. The van der Waals surface area contributed by atoms with Crippen LogP contribution in [0.2, 0.25) is 0 Å². The molecule has 0 bridgehead atoms. The van der Waals surface area contributed by atoms with Gasteiger partial charge in [0, 0.05) is 30.1 Å². The molecule has 1 atom stereocenters. The molecule has 30 heavy (non-hydrogen) atoms. The lowest BCUT2D eigenvalue weighted by Gasteiger charge is -2.29. The molecule has 1 amide bonds. The van der Waals surface area contributed by atoms with Crippen molar-refractivity contribution >= 4 is 11.6 Å². The molecule has 154 valence electrons. The van der Waals surface area contributed by atoms with E-state index in [0.717, 1.165) is 43.7 Å². The number of aryl methyl sites for hydroxylation is 1. The fraction of sp³-hybridized carbons (Fsp3) is 0.375. The number of carbonyl (C=O) groups is 1. The van der Waals surface area contributed by atoms with Crippen molar-refractivity contribution in [3.05, 3.63) is 77.6 Å². The van der Waals surface area contributed by atoms with E-state index in [4.69, 9.17) is 0 Å². The Hall–Kier alpha value is -3.02. The molecule has 1 fully saturated rings. The second-order valence-corrected chi connectivity index (χ2v) is 8.48. The van der Waals surface area contributed by atoms with Gasteiger partial charge in [0.25, 0.3) is 0 Å². The third-order valence-corrected chi connectivity index (χ3v) is 6.73. The number of rotatable bonds is 4. The molecular weight excluding hydrogens is 379 g/mol. The highest BCUT2D eigenvalue weighted by Crippen LogP contribution is 2.43. The lowest BCUT2D eigenvalue weighted by molar-refractivity contribution is -0.121. The van der Waals surface area contributed by atoms with Crippen molar-refractivity contribution in [2.45, 2.75) is 56.4 Å². The summed E-state index contributed by atoms with van der Waals surface area (Å²) in [5.41, 5.74) is 1.69. The molecule has 0 radical (unpaired) electrons. The van der Waals surface area contributed by atoms with E-state index in [9.17, 15) is 9.18 Å². The van der Waals surface area contributed by atoms with Gasteiger partial charge < -0.3 is 9.88 Å². The summed E-state index contributed by atoms with van der Waals surface area (Å²) in [6, 6.07) is 14.8. The summed E-state index contributed by atoms with van der Waals surface area (Å²) in [5.74, 6) is 0.989. The zero-order valence-corrected chi connectivity index (χ0v) is 16.9. The molecule has 6 heteroatoms. The van der Waals surface area contributed by atoms with Crippen LogP contribution >= 0.6 is 0 Å². The van der Waals surface area contributed by atoms with Crippen molar-refractivity contribution in [2.75, 3.05) is 5.32 Å². The Morgan fingerprint density at radius 2 is 1.97 bits per heavy atom. The molecule has 2 heterocycles. The summed E-state index contributed by atoms with van der Waals surface area (Å²) in [6.07, 6.45) is 6.92. The Morgan fingerprint density at radius 3 is 2.80 bits per heavy atom. The van der Waals surface area contributed by atoms with Gasteiger partial charge >= 0.3 is 0 Å². The Labute approximate surface area is 175 Å². The molecular formula is C24H25FN4O. The molecule has 1 aliphatic carbocycles. The average molecular weight is 404 g/mol. The monoisotopic (exact) mass is 404 g/mol. The SMILES string of the molecule is O=C(Nc1cccc([C@H]2CCc3nncn3C2)c1)C1(c2ccccc2F)CCCC1. The van der Waals surface area contributed by atoms with Gasteiger partial charge in [-0.25, -0.2) is 4.39 Å². The molecule has 0 unspecified atom stereocenters. The van der Waals surface area contributed by atoms with Gasteiger partial charge in [-0.15, -0.1) is 10.2 Å². The normalized spacial score (nSPS) is 20.0. The number of halogens is 1. The highest BCUT2D eigenvalue weighted by Gasteiger charge is 2.44. The Balaban J connectivity index is 1.39. The van der Waals surface area contributed by atoms with Gasteiger partial charge in [0.1, 0.15) is 18.0 Å². The Kier molecular flexibility index (Phi) is 4.85. The van der Waals surface area contributed by atoms with Crippen LogP contribution in [-0.4, -0.2) is 20.7 Å². The van der Waals surface area contributed by atoms with E-state index in [1.807, 2.05) is 18.2 Å². The molecule has 1 saturated carbocycles. The van der Waals surface area contributed by atoms with Crippen LogP contribution < -0.4 is 5.32 Å². The number of nitrogens with zero attached hydrogens (tertiary/aromatic N) is 3. The summed E-state index contributed by atoms with van der Waals surface area (Å²) in [5, 5.41) is 11.3. The van der Waals surface area contributed by atoms with Crippen LogP contribution in [-0.2, 0) is 23.2 Å². The van der Waals surface area contributed by atoms with E-state index in [2.05, 4.69) is 32.2 Å². The zero-order valence-electron chi connectivity index (χ0n) is 16.9. The van der Waals surface area contributed by atoms with Crippen molar-refractivity contribution in [2.24, 2.45) is 0 Å². The van der Waals surface area contributed by atoms with Crippen LogP contribution in [0.25, 0.3) is 0 Å². The maximum absolute atomic E-state index is 14.6. The molecule has 1 N–H and O–H groups in total. The first kappa shape index (κ1) is 19.0. The van der Waals surface area contributed by atoms with E-state index in [1.54, 1.807) is 18.5 Å². The summed E-state index contributed by atoms with van der Waals surface area (Å²) in [4.78, 5) is 13.4. The number of carbonyl (C=O) groups excluding carboxylic acids is 1. The van der Waals surface area contributed by atoms with Gasteiger partial charge in [-0.3, -0.25) is 4.79 Å². The second kappa shape index (κ2) is 7.67. The van der Waals surface area contributed by atoms with E-state index >= 15 is 0 Å². The van der Waals surface area contributed by atoms with Crippen molar-refractivity contribution in [1.29, 1.82) is 0 Å². The summed E-state index contributed by atoms with van der Waals surface area (Å²) >= 11 is 0. The standard InChI is InChI=1S/C24H25FN4O/c25-21-9-2-1-8-20(21)24(12-3-4-13-24)23(30)27-19-7-5-6-17(14-19)18-10-11-22-28-26-16-29(22)15-18/h1-2,5-9,14,16,18H,3-4,10-13,15H2,(H,27,30)/t18-/m0/s1. The van der Waals surface area contributed by atoms with Gasteiger partial charge in [0.05, 0.1) is 5.41 Å². The Bertz CT molecular complexity index is 1070. The first-order valence-corrected chi connectivity index (χ1v) is 10.7. The minimum absolute atomic E-state index is 0.105. The number of hydrogen-bond acceptors (Lipinski definition) is 3. The van der Waals surface area contributed by atoms with Crippen molar-refractivity contribution in [3.63, 3.8) is 0 Å². The molecule has 1 aliphatic heterocycles. The number of aromatic nitrogens is 3. The maximum atomic E-state index is 14.6. The summed E-state index contributed by atoms with van der Waals surface area (Å²) in [7, 11) is 0. The maximum Gasteiger partial charge on any atom is 0.235 e. The molecule has 5 nitrogen and oxygen atoms in total. The van der Waals surface area contributed by atoms with Crippen LogP contribution in [0.15, 0.2) is 54.9 Å². The third-order valence-electron chi connectivity index (χ3n) is 6.73. The number of anilines is 1. The quantitative estimate of drug-likeness (QED) is 0.691. The minimum atomic E-state index is -0.788. The molecule has 2 aromatic carbocycles. The summed E-state index contributed by atoms with van der Waals surface area (Å²) < 4.78 is 16.7. The van der Waals surface area contributed by atoms with Crippen LogP contribution in [0.4, 0.5) is 10.1 Å². The lowest BCUT2D eigenvalue weighted by Crippen LogP contribution is -2.38. The van der Waals surface area contributed by atoms with Crippen molar-refractivity contribution in [1.82, 2.24) is 14.8 Å². The van der Waals surface area contributed by atoms with Gasteiger partial charge in [-0.05, 0) is 43.0 Å². The summed E-state index contributed by atoms with van der Waals surface area (Å²) in [6.45, 7) is 0.846. The van der Waals surface area contributed by atoms with Crippen LogP contribution in [0.5, 0.6) is 0 Å². The minimum Gasteiger partial charge on any atom is -0.325 e. The van der Waals surface area contributed by atoms with E-state index in [1.165, 1.54) is 11.6 Å². The molecule has 0 spiro atoms. The van der Waals surface area contributed by atoms with Crippen LogP contribution in [0.1, 0.15) is 55.0 Å². The number of hydrogen-bond donors (Lipinski definition) is 1. The number of benzene rings is 2. The fourth-order valence-corrected chi connectivity index (χ4v) is 5.10. The molecule has 3 aromatic rings. The van der Waals surface area contributed by atoms with Crippen LogP contribution in [0, 0.1) is 5.82 Å². The fourth-order valence-electron chi connectivity index (χ4n) is 5.10. The topological polar surface area (TPSA) is 59.8 Å². The molecule has 2 aliphatic rings. The second-order valence-electron chi connectivity index (χ2n) is 8.48. The highest BCUT2D eigenvalue weighted by molar-refractivity contribution is 5.99. The van der Waals surface area contributed by atoms with Gasteiger partial charge in [-0.2, -0.15) is 0 Å². The molecule has 1 aromatic heterocycles. The van der Waals surface area contributed by atoms with E-state index in [-0.39, 0.29) is 11.7 Å². The number of amides is 1. The first-order chi connectivity index (χ1) is 14.7.